The van der Waals surface area contributed by atoms with Gasteiger partial charge in [-0.15, -0.1) is 0 Å². The van der Waals surface area contributed by atoms with Gasteiger partial charge in [0.25, 0.3) is 0 Å². The van der Waals surface area contributed by atoms with E-state index in [0.717, 1.165) is 38.5 Å². The third kappa shape index (κ3) is 5.52. The van der Waals surface area contributed by atoms with E-state index in [2.05, 4.69) is 36.9 Å². The highest BCUT2D eigenvalue weighted by atomic mass is 16.6. The Labute approximate surface area is 202 Å². The summed E-state index contributed by atoms with van der Waals surface area (Å²) >= 11 is 0. The minimum atomic E-state index is -0.803. The lowest BCUT2D eigenvalue weighted by Gasteiger charge is -2.35. The molecule has 0 radical (unpaired) electrons. The molecule has 0 bridgehead atoms. The number of aromatic nitrogens is 3. The number of hydrogen-bond donors (Lipinski definition) is 1. The maximum atomic E-state index is 9.74. The van der Waals surface area contributed by atoms with Crippen molar-refractivity contribution in [3.8, 4) is 6.07 Å². The number of nitrogen functional groups attached to an aromatic ring is 1. The molecule has 0 aromatic carbocycles. The molecule has 34 heavy (non-hydrogen) atoms. The first-order valence-corrected chi connectivity index (χ1v) is 12.5. The molecule has 9 heteroatoms. The summed E-state index contributed by atoms with van der Waals surface area (Å²) in [7, 11) is 0. The number of nitrogens with zero attached hydrogens (tertiary/aromatic N) is 4. The number of unbranched alkanes of at least 4 members (excludes halogenated alkanes) is 3. The predicted octanol–water partition coefficient (Wildman–Crippen LogP) is 4.20. The van der Waals surface area contributed by atoms with Crippen LogP contribution in [0.15, 0.2) is 12.4 Å². The Balaban J connectivity index is 2.02. The molecule has 1 aliphatic rings. The van der Waals surface area contributed by atoms with Gasteiger partial charge in [-0.1, -0.05) is 40.0 Å². The Bertz CT molecular complexity index is 959. The fourth-order valence-corrected chi connectivity index (χ4v) is 4.42. The lowest BCUT2D eigenvalue weighted by Crippen LogP contribution is -2.48. The quantitative estimate of drug-likeness (QED) is 0.406. The number of hydrogen-bond acceptors (Lipinski definition) is 8. The topological polar surface area (TPSA) is 117 Å². The van der Waals surface area contributed by atoms with E-state index in [1.54, 1.807) is 10.6 Å². The van der Waals surface area contributed by atoms with Gasteiger partial charge in [-0.25, -0.2) is 9.50 Å². The van der Waals surface area contributed by atoms with Crippen LogP contribution >= 0.6 is 0 Å². The Morgan fingerprint density at radius 2 is 1.85 bits per heavy atom. The normalized spacial score (nSPS) is 24.6. The summed E-state index contributed by atoms with van der Waals surface area (Å²) in [6.07, 6.45) is 6.19. The van der Waals surface area contributed by atoms with Crippen LogP contribution in [0.2, 0.25) is 0 Å². The second-order valence-corrected chi connectivity index (χ2v) is 9.01. The van der Waals surface area contributed by atoms with Gasteiger partial charge >= 0.3 is 0 Å². The summed E-state index contributed by atoms with van der Waals surface area (Å²) in [4.78, 5) is 4.07. The van der Waals surface area contributed by atoms with Crippen molar-refractivity contribution in [1.29, 1.82) is 5.26 Å². The van der Waals surface area contributed by atoms with Crippen LogP contribution in [-0.4, -0.2) is 58.8 Å². The van der Waals surface area contributed by atoms with Gasteiger partial charge in [0, 0.05) is 19.8 Å². The van der Waals surface area contributed by atoms with E-state index in [4.69, 9.17) is 24.7 Å². The van der Waals surface area contributed by atoms with Crippen molar-refractivity contribution < 1.29 is 18.9 Å². The van der Waals surface area contributed by atoms with Crippen LogP contribution in [0.5, 0.6) is 0 Å². The molecular weight excluding hydrogens is 434 g/mol. The zero-order chi connectivity index (χ0) is 24.6. The fourth-order valence-electron chi connectivity index (χ4n) is 4.42. The van der Waals surface area contributed by atoms with E-state index in [1.165, 1.54) is 6.33 Å². The van der Waals surface area contributed by atoms with Crippen LogP contribution in [0.3, 0.4) is 0 Å². The standard InChI is InChI=1S/C25H39N5O4/c1-5-8-11-31-16-20-23(32-12-9-6-2)25(4,33-13-10-7-3)22(34-20)19-14-18(15-26)21-24(27)28-17-29-30(19)21/h14,17,20,22-23H,5-13,16H2,1-4H3,(H2,27,28,29)/t20-,22+,23-,25+/m1/s1. The number of ether oxygens (including phenoxy) is 4. The summed E-state index contributed by atoms with van der Waals surface area (Å²) in [5, 5.41) is 14.1. The average Bonchev–Trinajstić information content (AvgIpc) is 3.33. The predicted molar refractivity (Wildman–Crippen MR) is 129 cm³/mol. The van der Waals surface area contributed by atoms with Crippen LogP contribution in [-0.2, 0) is 18.9 Å². The number of anilines is 1. The van der Waals surface area contributed by atoms with Gasteiger partial charge in [-0.3, -0.25) is 0 Å². The molecule has 3 heterocycles. The Kier molecular flexibility index (Phi) is 9.65. The second kappa shape index (κ2) is 12.5. The first kappa shape index (κ1) is 26.4. The highest BCUT2D eigenvalue weighted by Crippen LogP contribution is 2.46. The Morgan fingerprint density at radius 3 is 2.56 bits per heavy atom. The molecule has 4 atom stereocenters. The van der Waals surface area contributed by atoms with Crippen molar-refractivity contribution in [2.75, 3.05) is 32.2 Å². The number of nitriles is 1. The fraction of sp³-hybridized carbons (Fsp3) is 0.720. The molecule has 3 rings (SSSR count). The molecule has 188 valence electrons. The Morgan fingerprint density at radius 1 is 1.15 bits per heavy atom. The van der Waals surface area contributed by atoms with Crippen LogP contribution in [0.4, 0.5) is 5.82 Å². The molecule has 9 nitrogen and oxygen atoms in total. The van der Waals surface area contributed by atoms with E-state index >= 15 is 0 Å². The van der Waals surface area contributed by atoms with Gasteiger partial charge in [0.05, 0.1) is 17.9 Å². The molecule has 1 aliphatic heterocycles. The molecule has 0 saturated carbocycles. The van der Waals surface area contributed by atoms with Gasteiger partial charge in [0.15, 0.2) is 5.82 Å². The van der Waals surface area contributed by atoms with Crippen LogP contribution < -0.4 is 5.73 Å². The highest BCUT2D eigenvalue weighted by molar-refractivity contribution is 5.74. The number of fused-ring (bicyclic) bond motifs is 1. The largest absolute Gasteiger partial charge is 0.382 e. The molecule has 1 saturated heterocycles. The Hall–Kier alpha value is -2.25. The summed E-state index contributed by atoms with van der Waals surface area (Å²) in [5.41, 5.74) is 6.87. The van der Waals surface area contributed by atoms with Crippen molar-refractivity contribution in [2.24, 2.45) is 0 Å². The maximum Gasteiger partial charge on any atom is 0.152 e. The number of rotatable bonds is 14. The molecule has 0 spiro atoms. The summed E-state index contributed by atoms with van der Waals surface area (Å²) in [6.45, 7) is 10.7. The van der Waals surface area contributed by atoms with Crippen molar-refractivity contribution >= 4 is 11.3 Å². The zero-order valence-electron chi connectivity index (χ0n) is 21.0. The van der Waals surface area contributed by atoms with E-state index < -0.39 is 11.7 Å². The smallest absolute Gasteiger partial charge is 0.152 e. The highest BCUT2D eigenvalue weighted by Gasteiger charge is 2.57. The van der Waals surface area contributed by atoms with Crippen molar-refractivity contribution in [3.63, 3.8) is 0 Å². The van der Waals surface area contributed by atoms with Gasteiger partial charge in [0.2, 0.25) is 0 Å². The lowest BCUT2D eigenvalue weighted by molar-refractivity contribution is -0.138. The van der Waals surface area contributed by atoms with Crippen LogP contribution in [0.25, 0.3) is 5.52 Å². The van der Waals surface area contributed by atoms with Gasteiger partial charge in [0.1, 0.15) is 41.8 Å². The molecule has 0 amide bonds. The minimum absolute atomic E-state index is 0.250. The SMILES string of the molecule is CCCCOC[C@H]1O[C@@H](c2cc(C#N)c3c(N)ncnn23)[C@](C)(OCCCC)[C@@H]1OCCCC. The second-order valence-electron chi connectivity index (χ2n) is 9.01. The number of nitrogens with two attached hydrogens (primary N) is 1. The van der Waals surface area contributed by atoms with Crippen LogP contribution in [0.1, 0.15) is 83.6 Å². The van der Waals surface area contributed by atoms with Crippen molar-refractivity contribution in [1.82, 2.24) is 14.6 Å². The molecule has 2 aromatic heterocycles. The van der Waals surface area contributed by atoms with E-state index in [1.807, 2.05) is 6.92 Å². The van der Waals surface area contributed by atoms with E-state index in [9.17, 15) is 5.26 Å². The monoisotopic (exact) mass is 473 g/mol. The molecule has 1 fully saturated rings. The van der Waals surface area contributed by atoms with Gasteiger partial charge in [-0.05, 0) is 32.3 Å². The summed E-state index contributed by atoms with van der Waals surface area (Å²) < 4.78 is 27.2. The maximum absolute atomic E-state index is 9.74. The first-order valence-electron chi connectivity index (χ1n) is 12.5. The van der Waals surface area contributed by atoms with E-state index in [0.29, 0.717) is 43.2 Å². The van der Waals surface area contributed by atoms with Gasteiger partial charge < -0.3 is 24.7 Å². The van der Waals surface area contributed by atoms with Crippen LogP contribution in [0, 0.1) is 11.3 Å². The zero-order valence-corrected chi connectivity index (χ0v) is 21.0. The lowest BCUT2D eigenvalue weighted by atomic mass is 9.90. The molecule has 0 unspecified atom stereocenters. The molecule has 0 aliphatic carbocycles. The minimum Gasteiger partial charge on any atom is -0.382 e. The molecule has 2 N–H and O–H groups in total. The molecule has 2 aromatic rings. The average molecular weight is 474 g/mol. The third-order valence-electron chi connectivity index (χ3n) is 6.36. The van der Waals surface area contributed by atoms with Crippen molar-refractivity contribution in [3.05, 3.63) is 23.7 Å². The van der Waals surface area contributed by atoms with Gasteiger partial charge in [-0.2, -0.15) is 10.4 Å². The first-order chi connectivity index (χ1) is 16.5. The van der Waals surface area contributed by atoms with E-state index in [-0.39, 0.29) is 18.0 Å². The third-order valence-corrected chi connectivity index (χ3v) is 6.36. The molecular formula is C25H39N5O4. The van der Waals surface area contributed by atoms with Crippen molar-refractivity contribution in [2.45, 2.75) is 90.1 Å². The summed E-state index contributed by atoms with van der Waals surface area (Å²) in [6, 6.07) is 3.99. The summed E-state index contributed by atoms with van der Waals surface area (Å²) in [5.74, 6) is 0.250.